The molecule has 0 aromatic heterocycles. The molecule has 1 heterocycles. The largest absolute Gasteiger partial charge is 0.326 e. The van der Waals surface area contributed by atoms with Gasteiger partial charge in [0.05, 0.1) is 23.9 Å². The molecule has 0 spiro atoms. The van der Waals surface area contributed by atoms with Crippen molar-refractivity contribution in [1.29, 1.82) is 0 Å². The normalized spacial score (nSPS) is 17.7. The Balaban J connectivity index is 1.50. The molecule has 3 aromatic rings. The Morgan fingerprint density at radius 2 is 1.59 bits per heavy atom. The van der Waals surface area contributed by atoms with Gasteiger partial charge in [0.2, 0.25) is 5.91 Å². The van der Waals surface area contributed by atoms with Crippen molar-refractivity contribution in [3.05, 3.63) is 101 Å². The fourth-order valence-corrected chi connectivity index (χ4v) is 4.27. The highest BCUT2D eigenvalue weighted by Gasteiger charge is 2.52. The molecule has 1 saturated heterocycles. The zero-order chi connectivity index (χ0) is 24.1. The van der Waals surface area contributed by atoms with E-state index < -0.39 is 11.6 Å². The van der Waals surface area contributed by atoms with Crippen molar-refractivity contribution in [3.8, 4) is 0 Å². The minimum atomic E-state index is -1.22. The summed E-state index contributed by atoms with van der Waals surface area (Å²) in [5.41, 5.74) is 0.914. The number of nitrogens with one attached hydrogen (secondary N) is 2. The summed E-state index contributed by atoms with van der Waals surface area (Å²) < 4.78 is 0. The van der Waals surface area contributed by atoms with E-state index in [4.69, 9.17) is 11.6 Å². The number of rotatable bonds is 8. The van der Waals surface area contributed by atoms with Crippen LogP contribution in [0, 0.1) is 0 Å². The van der Waals surface area contributed by atoms with E-state index in [-0.39, 0.29) is 25.0 Å². The van der Waals surface area contributed by atoms with E-state index in [1.165, 1.54) is 0 Å². The first-order valence-corrected chi connectivity index (χ1v) is 11.2. The summed E-state index contributed by atoms with van der Waals surface area (Å²) in [6.45, 7) is -0.0662. The molecule has 1 aliphatic heterocycles. The summed E-state index contributed by atoms with van der Waals surface area (Å²) >= 11 is 6.10. The number of likely N-dealkylation sites (N-methyl/N-ethyl adjacent to an activating group) is 1. The van der Waals surface area contributed by atoms with E-state index in [2.05, 4.69) is 10.6 Å². The van der Waals surface area contributed by atoms with Crippen LogP contribution in [0.25, 0.3) is 0 Å². The number of carbonyl (C=O) groups excluding carboxylic acids is 3. The average molecular weight is 477 g/mol. The smallest absolute Gasteiger partial charge is 0.324 e. The SMILES string of the molecule is CN(CC(=O)Nc1ccccc1Cl)CN1C(=O)N[C@](Cc2ccccc2)(c2ccccc2)C1=O. The number of benzene rings is 3. The van der Waals surface area contributed by atoms with Gasteiger partial charge in [0.15, 0.2) is 5.54 Å². The lowest BCUT2D eigenvalue weighted by Crippen LogP contribution is -2.47. The molecule has 4 amide bonds. The molecule has 7 nitrogen and oxygen atoms in total. The van der Waals surface area contributed by atoms with E-state index in [9.17, 15) is 14.4 Å². The first-order chi connectivity index (χ1) is 16.4. The standard InChI is InChI=1S/C26H25ClN4O3/c1-30(17-23(32)28-22-15-9-8-14-21(22)27)18-31-24(33)26(29-25(31)34,20-12-6-3-7-13-20)16-19-10-4-2-5-11-19/h2-15H,16-18H2,1H3,(H,28,32)(H,29,34)/t26-/m1/s1. The number of amides is 4. The molecule has 174 valence electrons. The summed E-state index contributed by atoms with van der Waals surface area (Å²) in [6, 6.07) is 25.2. The highest BCUT2D eigenvalue weighted by molar-refractivity contribution is 6.33. The molecular formula is C26H25ClN4O3. The molecule has 1 atom stereocenters. The predicted molar refractivity (Wildman–Crippen MR) is 131 cm³/mol. The first-order valence-electron chi connectivity index (χ1n) is 10.9. The number of carbonyl (C=O) groups is 3. The Hall–Kier alpha value is -3.68. The maximum Gasteiger partial charge on any atom is 0.326 e. The third-order valence-electron chi connectivity index (χ3n) is 5.70. The van der Waals surface area contributed by atoms with Gasteiger partial charge < -0.3 is 10.6 Å². The Morgan fingerprint density at radius 3 is 2.26 bits per heavy atom. The van der Waals surface area contributed by atoms with Gasteiger partial charge >= 0.3 is 6.03 Å². The van der Waals surface area contributed by atoms with Crippen molar-refractivity contribution in [3.63, 3.8) is 0 Å². The molecule has 0 bridgehead atoms. The Kier molecular flexibility index (Phi) is 6.95. The van der Waals surface area contributed by atoms with Crippen molar-refractivity contribution in [2.75, 3.05) is 25.6 Å². The van der Waals surface area contributed by atoms with Crippen molar-refractivity contribution in [2.45, 2.75) is 12.0 Å². The summed E-state index contributed by atoms with van der Waals surface area (Å²) in [5.74, 6) is -0.660. The number of nitrogens with zero attached hydrogens (tertiary/aromatic N) is 2. The van der Waals surface area contributed by atoms with Gasteiger partial charge in [-0.15, -0.1) is 0 Å². The van der Waals surface area contributed by atoms with E-state index in [1.807, 2.05) is 60.7 Å². The topological polar surface area (TPSA) is 81.8 Å². The summed E-state index contributed by atoms with van der Waals surface area (Å²) in [4.78, 5) is 41.9. The first kappa shape index (κ1) is 23.5. The average Bonchev–Trinajstić information content (AvgIpc) is 3.06. The zero-order valence-electron chi connectivity index (χ0n) is 18.7. The maximum absolute atomic E-state index is 13.7. The van der Waals surface area contributed by atoms with Crippen LogP contribution in [0.15, 0.2) is 84.9 Å². The quantitative estimate of drug-likeness (QED) is 0.484. The Morgan fingerprint density at radius 1 is 0.971 bits per heavy atom. The number of hydrogen-bond acceptors (Lipinski definition) is 4. The number of imide groups is 1. The van der Waals surface area contributed by atoms with Gasteiger partial charge in [-0.25, -0.2) is 9.69 Å². The highest BCUT2D eigenvalue weighted by atomic mass is 35.5. The van der Waals surface area contributed by atoms with Crippen molar-refractivity contribution in [2.24, 2.45) is 0 Å². The molecule has 8 heteroatoms. The number of anilines is 1. The predicted octanol–water partition coefficient (Wildman–Crippen LogP) is 3.86. The van der Waals surface area contributed by atoms with Gasteiger partial charge in [0, 0.05) is 6.42 Å². The van der Waals surface area contributed by atoms with E-state index in [0.717, 1.165) is 10.5 Å². The lowest BCUT2D eigenvalue weighted by Gasteiger charge is -2.28. The molecule has 3 aromatic carbocycles. The lowest BCUT2D eigenvalue weighted by atomic mass is 9.83. The third kappa shape index (κ3) is 4.95. The summed E-state index contributed by atoms with van der Waals surface area (Å²) in [6.07, 6.45) is 0.315. The number of hydrogen-bond donors (Lipinski definition) is 2. The van der Waals surface area contributed by atoms with Crippen molar-refractivity contribution < 1.29 is 14.4 Å². The van der Waals surface area contributed by atoms with E-state index in [0.29, 0.717) is 22.7 Å². The highest BCUT2D eigenvalue weighted by Crippen LogP contribution is 2.33. The van der Waals surface area contributed by atoms with Crippen molar-refractivity contribution >= 4 is 35.1 Å². The molecule has 0 saturated carbocycles. The molecule has 0 aliphatic carbocycles. The monoisotopic (exact) mass is 476 g/mol. The van der Waals surface area contributed by atoms with Gasteiger partial charge in [-0.05, 0) is 30.3 Å². The minimum absolute atomic E-state index is 0.0285. The lowest BCUT2D eigenvalue weighted by molar-refractivity contribution is -0.133. The molecular weight excluding hydrogens is 452 g/mol. The van der Waals surface area contributed by atoms with Gasteiger partial charge in [-0.1, -0.05) is 84.4 Å². The van der Waals surface area contributed by atoms with E-state index >= 15 is 0 Å². The second-order valence-electron chi connectivity index (χ2n) is 8.28. The maximum atomic E-state index is 13.7. The molecule has 4 rings (SSSR count). The number of para-hydroxylation sites is 1. The van der Waals surface area contributed by atoms with Crippen LogP contribution in [-0.4, -0.2) is 47.9 Å². The zero-order valence-corrected chi connectivity index (χ0v) is 19.5. The van der Waals surface area contributed by atoms with Crippen LogP contribution in [0.2, 0.25) is 5.02 Å². The fraction of sp³-hybridized carbons (Fsp3) is 0.192. The molecule has 34 heavy (non-hydrogen) atoms. The summed E-state index contributed by atoms with van der Waals surface area (Å²) in [7, 11) is 1.67. The second-order valence-corrected chi connectivity index (χ2v) is 8.69. The number of halogens is 1. The Labute approximate surface area is 203 Å². The van der Waals surface area contributed by atoms with Crippen LogP contribution in [-0.2, 0) is 21.5 Å². The summed E-state index contributed by atoms with van der Waals surface area (Å²) in [5, 5.41) is 6.11. The Bertz CT molecular complexity index is 1190. The van der Waals surface area contributed by atoms with Crippen LogP contribution in [0.1, 0.15) is 11.1 Å². The molecule has 2 N–H and O–H groups in total. The van der Waals surface area contributed by atoms with Crippen LogP contribution >= 0.6 is 11.6 Å². The third-order valence-corrected chi connectivity index (χ3v) is 6.03. The minimum Gasteiger partial charge on any atom is -0.324 e. The van der Waals surface area contributed by atoms with Gasteiger partial charge in [0.1, 0.15) is 0 Å². The van der Waals surface area contributed by atoms with Crippen LogP contribution in [0.3, 0.4) is 0 Å². The molecule has 0 radical (unpaired) electrons. The molecule has 1 fully saturated rings. The van der Waals surface area contributed by atoms with E-state index in [1.54, 1.807) is 36.2 Å². The van der Waals surface area contributed by atoms with Crippen molar-refractivity contribution in [1.82, 2.24) is 15.1 Å². The fourth-order valence-electron chi connectivity index (χ4n) is 4.09. The molecule has 0 unspecified atom stereocenters. The number of urea groups is 1. The van der Waals surface area contributed by atoms with Gasteiger partial charge in [-0.3, -0.25) is 14.5 Å². The van der Waals surface area contributed by atoms with Gasteiger partial charge in [-0.2, -0.15) is 0 Å². The van der Waals surface area contributed by atoms with Crippen LogP contribution in [0.5, 0.6) is 0 Å². The van der Waals surface area contributed by atoms with Crippen LogP contribution in [0.4, 0.5) is 10.5 Å². The molecule has 1 aliphatic rings. The second kappa shape index (κ2) is 10.1. The van der Waals surface area contributed by atoms with Crippen LogP contribution < -0.4 is 10.6 Å². The van der Waals surface area contributed by atoms with Gasteiger partial charge in [0.25, 0.3) is 5.91 Å².